The Bertz CT molecular complexity index is 1210. The number of amides is 2. The second-order valence-corrected chi connectivity index (χ2v) is 8.28. The van der Waals surface area contributed by atoms with Crippen molar-refractivity contribution in [3.63, 3.8) is 0 Å². The maximum absolute atomic E-state index is 13.3. The third kappa shape index (κ3) is 5.40. The van der Waals surface area contributed by atoms with E-state index in [9.17, 15) is 9.59 Å². The van der Waals surface area contributed by atoms with Crippen LogP contribution in [0.5, 0.6) is 17.2 Å². The Balaban J connectivity index is 1.58. The summed E-state index contributed by atoms with van der Waals surface area (Å²) in [7, 11) is 3.19. The maximum Gasteiger partial charge on any atom is 0.255 e. The van der Waals surface area contributed by atoms with Gasteiger partial charge in [-0.15, -0.1) is 0 Å². The number of carbonyl (C=O) groups excluding carboxylic acids is 2. The Hall–Kier alpha value is -4.00. The lowest BCUT2D eigenvalue weighted by Gasteiger charge is -2.28. The second-order valence-electron chi connectivity index (χ2n) is 8.28. The molecule has 0 bridgehead atoms. The van der Waals surface area contributed by atoms with E-state index in [1.165, 1.54) is 0 Å². The third-order valence-corrected chi connectivity index (χ3v) is 6.10. The van der Waals surface area contributed by atoms with Gasteiger partial charge >= 0.3 is 0 Å². The van der Waals surface area contributed by atoms with Crippen LogP contribution in [0.15, 0.2) is 66.7 Å². The standard InChI is InChI=1S/C28H30N2O5/c1-4-35-25-13-12-20(15-26(25)34-3)24(30-18-21-9-5-6-11-23(21)28(30)32)16-27(31)29-17-19-8-7-10-22(14-19)33-2/h5-15,24H,4,16-18H2,1-3H3,(H,29,31)/t24-/m0/s1. The van der Waals surface area contributed by atoms with Crippen molar-refractivity contribution in [3.05, 3.63) is 89.0 Å². The molecule has 182 valence electrons. The molecule has 1 heterocycles. The lowest BCUT2D eigenvalue weighted by Crippen LogP contribution is -2.34. The van der Waals surface area contributed by atoms with Gasteiger partial charge < -0.3 is 24.4 Å². The number of methoxy groups -OCH3 is 2. The van der Waals surface area contributed by atoms with Crippen LogP contribution in [0.4, 0.5) is 0 Å². The van der Waals surface area contributed by atoms with Crippen molar-refractivity contribution < 1.29 is 23.8 Å². The molecular weight excluding hydrogens is 444 g/mol. The van der Waals surface area contributed by atoms with Crippen molar-refractivity contribution in [2.24, 2.45) is 0 Å². The van der Waals surface area contributed by atoms with Gasteiger partial charge in [0.25, 0.3) is 5.91 Å². The third-order valence-electron chi connectivity index (χ3n) is 6.10. The zero-order chi connectivity index (χ0) is 24.8. The van der Waals surface area contributed by atoms with E-state index in [0.29, 0.717) is 36.8 Å². The summed E-state index contributed by atoms with van der Waals surface area (Å²) in [5, 5.41) is 2.98. The van der Waals surface area contributed by atoms with Crippen LogP contribution in [0.25, 0.3) is 0 Å². The zero-order valence-corrected chi connectivity index (χ0v) is 20.2. The summed E-state index contributed by atoms with van der Waals surface area (Å²) >= 11 is 0. The number of carbonyl (C=O) groups is 2. The quantitative estimate of drug-likeness (QED) is 0.468. The molecule has 0 saturated heterocycles. The highest BCUT2D eigenvalue weighted by molar-refractivity contribution is 5.98. The number of fused-ring (bicyclic) bond motifs is 1. The van der Waals surface area contributed by atoms with Crippen molar-refractivity contribution in [2.75, 3.05) is 20.8 Å². The fourth-order valence-corrected chi connectivity index (χ4v) is 4.33. The summed E-state index contributed by atoms with van der Waals surface area (Å²) in [6.07, 6.45) is 0.112. The predicted octanol–water partition coefficient (Wildman–Crippen LogP) is 4.51. The molecule has 2 amide bonds. The van der Waals surface area contributed by atoms with Crippen LogP contribution in [0, 0.1) is 0 Å². The molecule has 4 rings (SSSR count). The smallest absolute Gasteiger partial charge is 0.255 e. The number of rotatable bonds is 10. The second kappa shape index (κ2) is 11.0. The van der Waals surface area contributed by atoms with E-state index < -0.39 is 6.04 Å². The molecule has 0 unspecified atom stereocenters. The van der Waals surface area contributed by atoms with E-state index >= 15 is 0 Å². The van der Waals surface area contributed by atoms with Gasteiger partial charge in [0, 0.05) is 18.7 Å². The van der Waals surface area contributed by atoms with Gasteiger partial charge in [0.15, 0.2) is 11.5 Å². The highest BCUT2D eigenvalue weighted by atomic mass is 16.5. The molecule has 3 aromatic carbocycles. The molecule has 1 aliphatic rings. The van der Waals surface area contributed by atoms with E-state index in [0.717, 1.165) is 22.4 Å². The van der Waals surface area contributed by atoms with Crippen LogP contribution in [0.2, 0.25) is 0 Å². The Labute approximate surface area is 205 Å². The van der Waals surface area contributed by atoms with Gasteiger partial charge in [-0.3, -0.25) is 9.59 Å². The lowest BCUT2D eigenvalue weighted by molar-refractivity contribution is -0.122. The topological polar surface area (TPSA) is 77.1 Å². The van der Waals surface area contributed by atoms with Gasteiger partial charge in [-0.1, -0.05) is 36.4 Å². The fraction of sp³-hybridized carbons (Fsp3) is 0.286. The fourth-order valence-electron chi connectivity index (χ4n) is 4.33. The van der Waals surface area contributed by atoms with Crippen molar-refractivity contribution in [1.29, 1.82) is 0 Å². The first-order chi connectivity index (χ1) is 17.0. The van der Waals surface area contributed by atoms with Gasteiger partial charge in [-0.2, -0.15) is 0 Å². The predicted molar refractivity (Wildman–Crippen MR) is 133 cm³/mol. The van der Waals surface area contributed by atoms with Crippen LogP contribution in [-0.4, -0.2) is 37.5 Å². The van der Waals surface area contributed by atoms with Gasteiger partial charge in [-0.05, 0) is 53.9 Å². The van der Waals surface area contributed by atoms with Crippen molar-refractivity contribution >= 4 is 11.8 Å². The molecule has 1 aliphatic heterocycles. The molecule has 3 aromatic rings. The molecule has 0 aliphatic carbocycles. The first-order valence-corrected chi connectivity index (χ1v) is 11.6. The van der Waals surface area contributed by atoms with Gasteiger partial charge in [0.05, 0.1) is 33.3 Å². The van der Waals surface area contributed by atoms with Crippen LogP contribution < -0.4 is 19.5 Å². The van der Waals surface area contributed by atoms with Gasteiger partial charge in [0.2, 0.25) is 5.91 Å². The molecule has 7 heteroatoms. The number of hydrogen-bond acceptors (Lipinski definition) is 5. The molecule has 1 N–H and O–H groups in total. The minimum absolute atomic E-state index is 0.0842. The van der Waals surface area contributed by atoms with Crippen LogP contribution in [-0.2, 0) is 17.9 Å². The van der Waals surface area contributed by atoms with E-state index in [1.807, 2.05) is 73.7 Å². The number of nitrogens with zero attached hydrogens (tertiary/aromatic N) is 1. The van der Waals surface area contributed by atoms with Crippen molar-refractivity contribution in [3.8, 4) is 17.2 Å². The summed E-state index contributed by atoms with van der Waals surface area (Å²) in [6, 6.07) is 20.2. The largest absolute Gasteiger partial charge is 0.497 e. The molecule has 35 heavy (non-hydrogen) atoms. The summed E-state index contributed by atoms with van der Waals surface area (Å²) in [4.78, 5) is 28.1. The Morgan fingerprint density at radius 2 is 1.83 bits per heavy atom. The monoisotopic (exact) mass is 474 g/mol. The Morgan fingerprint density at radius 3 is 2.57 bits per heavy atom. The number of ether oxygens (including phenoxy) is 3. The van der Waals surface area contributed by atoms with Crippen LogP contribution in [0.3, 0.4) is 0 Å². The minimum atomic E-state index is -0.468. The molecule has 0 aromatic heterocycles. The molecule has 0 radical (unpaired) electrons. The lowest BCUT2D eigenvalue weighted by atomic mass is 10.0. The van der Waals surface area contributed by atoms with E-state index in [-0.39, 0.29) is 18.2 Å². The summed E-state index contributed by atoms with van der Waals surface area (Å²) in [5.74, 6) is 1.68. The highest BCUT2D eigenvalue weighted by Crippen LogP contribution is 2.37. The van der Waals surface area contributed by atoms with Crippen LogP contribution in [0.1, 0.15) is 46.4 Å². The van der Waals surface area contributed by atoms with E-state index in [4.69, 9.17) is 14.2 Å². The average molecular weight is 475 g/mol. The summed E-state index contributed by atoms with van der Waals surface area (Å²) < 4.78 is 16.4. The van der Waals surface area contributed by atoms with Crippen molar-refractivity contribution in [1.82, 2.24) is 10.2 Å². The SMILES string of the molecule is CCOc1ccc([C@H](CC(=O)NCc2cccc(OC)c2)N2Cc3ccccc3C2=O)cc1OC. The number of nitrogens with one attached hydrogen (secondary N) is 1. The molecule has 0 saturated carbocycles. The van der Waals surface area contributed by atoms with Crippen molar-refractivity contribution in [2.45, 2.75) is 32.5 Å². The van der Waals surface area contributed by atoms with Crippen LogP contribution >= 0.6 is 0 Å². The van der Waals surface area contributed by atoms with E-state index in [1.54, 1.807) is 19.1 Å². The molecule has 7 nitrogen and oxygen atoms in total. The molecular formula is C28H30N2O5. The highest BCUT2D eigenvalue weighted by Gasteiger charge is 2.34. The first kappa shape index (κ1) is 24.1. The molecule has 0 fully saturated rings. The Kier molecular flexibility index (Phi) is 7.55. The number of hydrogen-bond donors (Lipinski definition) is 1. The van der Waals surface area contributed by atoms with Gasteiger partial charge in [0.1, 0.15) is 5.75 Å². The first-order valence-electron chi connectivity index (χ1n) is 11.6. The number of benzene rings is 3. The Morgan fingerprint density at radius 1 is 1.00 bits per heavy atom. The minimum Gasteiger partial charge on any atom is -0.497 e. The normalized spacial score (nSPS) is 13.2. The molecule has 0 spiro atoms. The zero-order valence-electron chi connectivity index (χ0n) is 20.2. The van der Waals surface area contributed by atoms with Gasteiger partial charge in [-0.25, -0.2) is 0 Å². The average Bonchev–Trinajstić information content (AvgIpc) is 3.22. The van der Waals surface area contributed by atoms with E-state index in [2.05, 4.69) is 5.32 Å². The summed E-state index contributed by atoms with van der Waals surface area (Å²) in [6.45, 7) is 3.22. The molecule has 1 atom stereocenters. The maximum atomic E-state index is 13.3. The summed E-state index contributed by atoms with van der Waals surface area (Å²) in [5.41, 5.74) is 3.37.